The van der Waals surface area contributed by atoms with E-state index in [-0.39, 0.29) is 17.2 Å². The highest BCUT2D eigenvalue weighted by molar-refractivity contribution is 8.00. The Morgan fingerprint density at radius 1 is 1.21 bits per heavy atom. The Bertz CT molecular complexity index is 840. The molecule has 0 bridgehead atoms. The molecule has 0 aliphatic carbocycles. The molecule has 6 heteroatoms. The van der Waals surface area contributed by atoms with Gasteiger partial charge in [-0.15, -0.1) is 11.8 Å². The molecule has 2 aromatic rings. The molecule has 2 aromatic carbocycles. The molecule has 0 aromatic heterocycles. The van der Waals surface area contributed by atoms with Crippen LogP contribution in [0.25, 0.3) is 0 Å². The van der Waals surface area contributed by atoms with Gasteiger partial charge in [-0.3, -0.25) is 14.5 Å². The molecule has 2 amide bonds. The van der Waals surface area contributed by atoms with Gasteiger partial charge in [0.25, 0.3) is 0 Å². The van der Waals surface area contributed by atoms with Gasteiger partial charge < -0.3 is 10.1 Å². The normalized spacial score (nSPS) is 16.3. The van der Waals surface area contributed by atoms with Crippen LogP contribution in [-0.2, 0) is 9.59 Å². The van der Waals surface area contributed by atoms with Crippen molar-refractivity contribution >= 4 is 35.0 Å². The van der Waals surface area contributed by atoms with Gasteiger partial charge in [0.2, 0.25) is 11.8 Å². The molecule has 0 saturated carbocycles. The first kappa shape index (κ1) is 20.3. The number of unbranched alkanes of at least 4 members (excludes halogenated alkanes) is 2. The molecule has 148 valence electrons. The third-order valence-corrected chi connectivity index (χ3v) is 5.87. The van der Waals surface area contributed by atoms with Gasteiger partial charge in [-0.05, 0) is 36.2 Å². The highest BCUT2D eigenvalue weighted by Gasteiger charge is 2.34. The fraction of sp³-hybridized carbons (Fsp3) is 0.364. The average molecular weight is 399 g/mol. The quantitative estimate of drug-likeness (QED) is 0.636. The Morgan fingerprint density at radius 3 is 2.82 bits per heavy atom. The summed E-state index contributed by atoms with van der Waals surface area (Å²) in [7, 11) is 1.61. The molecule has 1 heterocycles. The second-order valence-corrected chi connectivity index (χ2v) is 7.83. The van der Waals surface area contributed by atoms with E-state index in [1.807, 2.05) is 48.5 Å². The molecule has 3 rings (SSSR count). The molecule has 0 unspecified atom stereocenters. The van der Waals surface area contributed by atoms with E-state index in [4.69, 9.17) is 4.74 Å². The zero-order chi connectivity index (χ0) is 19.9. The van der Waals surface area contributed by atoms with Gasteiger partial charge in [0.05, 0.1) is 12.9 Å². The first-order chi connectivity index (χ1) is 13.6. The monoisotopic (exact) mass is 398 g/mol. The van der Waals surface area contributed by atoms with E-state index in [0.717, 1.165) is 36.2 Å². The van der Waals surface area contributed by atoms with Gasteiger partial charge in [-0.25, -0.2) is 0 Å². The molecule has 1 saturated heterocycles. The minimum absolute atomic E-state index is 0.0328. The lowest BCUT2D eigenvalue weighted by Crippen LogP contribution is -2.27. The summed E-state index contributed by atoms with van der Waals surface area (Å²) in [6.45, 7) is 2.12. The van der Waals surface area contributed by atoms with Crippen molar-refractivity contribution in [2.45, 2.75) is 38.0 Å². The van der Waals surface area contributed by atoms with Crippen LogP contribution >= 0.6 is 11.8 Å². The predicted octanol–water partition coefficient (Wildman–Crippen LogP) is 4.99. The number of hydrogen-bond donors (Lipinski definition) is 1. The van der Waals surface area contributed by atoms with E-state index in [1.165, 1.54) is 0 Å². The Hall–Kier alpha value is -2.47. The van der Waals surface area contributed by atoms with Crippen LogP contribution in [-0.4, -0.2) is 24.7 Å². The minimum atomic E-state index is -0.128. The standard InChI is InChI=1S/C22H26N2O3S/c1-3-4-5-12-20(25)23-17-9-6-8-16(13-17)22-24(21(26)15-28-22)18-10-7-11-19(14-18)27-2/h6-11,13-14,22H,3-5,12,15H2,1-2H3,(H,23,25)/t22-/m1/s1. The smallest absolute Gasteiger partial charge is 0.238 e. The molecule has 1 atom stereocenters. The highest BCUT2D eigenvalue weighted by Crippen LogP contribution is 2.42. The van der Waals surface area contributed by atoms with E-state index < -0.39 is 0 Å². The second kappa shape index (κ2) is 9.64. The summed E-state index contributed by atoms with van der Waals surface area (Å²) >= 11 is 1.59. The van der Waals surface area contributed by atoms with Crippen LogP contribution in [0.3, 0.4) is 0 Å². The maximum absolute atomic E-state index is 12.6. The number of methoxy groups -OCH3 is 1. The fourth-order valence-corrected chi connectivity index (χ4v) is 4.41. The summed E-state index contributed by atoms with van der Waals surface area (Å²) in [5, 5.41) is 2.85. The largest absolute Gasteiger partial charge is 0.497 e. The zero-order valence-electron chi connectivity index (χ0n) is 16.3. The van der Waals surface area contributed by atoms with Crippen LogP contribution in [0.2, 0.25) is 0 Å². The molecule has 1 N–H and O–H groups in total. The molecule has 28 heavy (non-hydrogen) atoms. The molecule has 1 fully saturated rings. The topological polar surface area (TPSA) is 58.6 Å². The van der Waals surface area contributed by atoms with E-state index >= 15 is 0 Å². The highest BCUT2D eigenvalue weighted by atomic mass is 32.2. The van der Waals surface area contributed by atoms with Crippen molar-refractivity contribution in [3.05, 3.63) is 54.1 Å². The van der Waals surface area contributed by atoms with Gasteiger partial charge in [0.1, 0.15) is 11.1 Å². The number of thioether (sulfide) groups is 1. The van der Waals surface area contributed by atoms with E-state index in [1.54, 1.807) is 23.8 Å². The molecule has 0 radical (unpaired) electrons. The lowest BCUT2D eigenvalue weighted by Gasteiger charge is -2.25. The van der Waals surface area contributed by atoms with E-state index in [9.17, 15) is 9.59 Å². The van der Waals surface area contributed by atoms with Crippen molar-refractivity contribution in [2.24, 2.45) is 0 Å². The van der Waals surface area contributed by atoms with Crippen LogP contribution in [0, 0.1) is 0 Å². The number of rotatable bonds is 8. The Labute approximate surface area is 170 Å². The first-order valence-electron chi connectivity index (χ1n) is 9.60. The van der Waals surface area contributed by atoms with Crippen LogP contribution < -0.4 is 15.0 Å². The summed E-state index contributed by atoms with van der Waals surface area (Å²) in [5.41, 5.74) is 2.57. The molecular weight excluding hydrogens is 372 g/mol. The molecule has 5 nitrogen and oxygen atoms in total. The van der Waals surface area contributed by atoms with Crippen molar-refractivity contribution in [3.63, 3.8) is 0 Å². The second-order valence-electron chi connectivity index (χ2n) is 6.76. The molecular formula is C22H26N2O3S. The number of nitrogens with one attached hydrogen (secondary N) is 1. The van der Waals surface area contributed by atoms with Crippen molar-refractivity contribution in [1.29, 1.82) is 0 Å². The lowest BCUT2D eigenvalue weighted by molar-refractivity contribution is -0.117. The van der Waals surface area contributed by atoms with Crippen molar-refractivity contribution in [3.8, 4) is 5.75 Å². The van der Waals surface area contributed by atoms with E-state index in [0.29, 0.717) is 17.9 Å². The van der Waals surface area contributed by atoms with Crippen LogP contribution in [0.1, 0.15) is 43.5 Å². The number of ether oxygens (including phenoxy) is 1. The molecule has 1 aliphatic rings. The number of carbonyl (C=O) groups excluding carboxylic acids is 2. The zero-order valence-corrected chi connectivity index (χ0v) is 17.1. The number of nitrogens with zero attached hydrogens (tertiary/aromatic N) is 1. The Kier molecular flexibility index (Phi) is 6.98. The van der Waals surface area contributed by atoms with E-state index in [2.05, 4.69) is 12.2 Å². The van der Waals surface area contributed by atoms with Crippen molar-refractivity contribution in [1.82, 2.24) is 0 Å². The third-order valence-electron chi connectivity index (χ3n) is 4.66. The predicted molar refractivity (Wildman–Crippen MR) is 115 cm³/mol. The number of carbonyl (C=O) groups is 2. The van der Waals surface area contributed by atoms with Crippen molar-refractivity contribution in [2.75, 3.05) is 23.1 Å². The van der Waals surface area contributed by atoms with Gasteiger partial charge in [-0.2, -0.15) is 0 Å². The van der Waals surface area contributed by atoms with Gasteiger partial charge in [-0.1, -0.05) is 38.0 Å². The van der Waals surface area contributed by atoms with Crippen LogP contribution in [0.15, 0.2) is 48.5 Å². The fourth-order valence-electron chi connectivity index (χ4n) is 3.24. The number of hydrogen-bond acceptors (Lipinski definition) is 4. The summed E-state index contributed by atoms with van der Waals surface area (Å²) < 4.78 is 5.30. The average Bonchev–Trinajstić information content (AvgIpc) is 3.10. The Morgan fingerprint density at radius 2 is 2.04 bits per heavy atom. The number of anilines is 2. The summed E-state index contributed by atoms with van der Waals surface area (Å²) in [6.07, 6.45) is 3.59. The lowest BCUT2D eigenvalue weighted by atomic mass is 10.1. The van der Waals surface area contributed by atoms with Gasteiger partial charge >= 0.3 is 0 Å². The number of amides is 2. The Balaban J connectivity index is 1.78. The molecule has 0 spiro atoms. The maximum Gasteiger partial charge on any atom is 0.238 e. The SMILES string of the molecule is CCCCCC(=O)Nc1cccc([C@H]2SCC(=O)N2c2cccc(OC)c2)c1. The van der Waals surface area contributed by atoms with Crippen LogP contribution in [0.5, 0.6) is 5.75 Å². The summed E-state index contributed by atoms with van der Waals surface area (Å²) in [6, 6.07) is 15.3. The first-order valence-corrected chi connectivity index (χ1v) is 10.6. The maximum atomic E-state index is 12.6. The van der Waals surface area contributed by atoms with Gasteiger partial charge in [0, 0.05) is 23.9 Å². The minimum Gasteiger partial charge on any atom is -0.497 e. The number of benzene rings is 2. The summed E-state index contributed by atoms with van der Waals surface area (Å²) in [4.78, 5) is 26.5. The third kappa shape index (κ3) is 4.87. The molecule has 1 aliphatic heterocycles. The summed E-state index contributed by atoms with van der Waals surface area (Å²) in [5.74, 6) is 1.24. The van der Waals surface area contributed by atoms with Crippen LogP contribution in [0.4, 0.5) is 11.4 Å². The van der Waals surface area contributed by atoms with Gasteiger partial charge in [0.15, 0.2) is 0 Å². The van der Waals surface area contributed by atoms with Crippen molar-refractivity contribution < 1.29 is 14.3 Å².